The normalized spacial score (nSPS) is 14.0. The molecule has 10 heteroatoms. The zero-order chi connectivity index (χ0) is 24.8. The Hall–Kier alpha value is -3.50. The number of benzene rings is 2. The van der Waals surface area contributed by atoms with Gasteiger partial charge in [0, 0.05) is 37.4 Å². The molecule has 2 heterocycles. The number of carbonyl (C=O) groups is 2. The number of aryl methyl sites for hydroxylation is 1. The maximum Gasteiger partial charge on any atom is 0.286 e. The van der Waals surface area contributed by atoms with Crippen LogP contribution in [0.4, 0.5) is 5.69 Å². The molecule has 1 fully saturated rings. The summed E-state index contributed by atoms with van der Waals surface area (Å²) in [6, 6.07) is 13.0. The maximum absolute atomic E-state index is 12.9. The molecule has 1 aliphatic rings. The summed E-state index contributed by atoms with van der Waals surface area (Å²) in [7, 11) is 3.12. The average Bonchev–Trinajstić information content (AvgIpc) is 3.37. The van der Waals surface area contributed by atoms with E-state index in [1.807, 2.05) is 29.2 Å². The van der Waals surface area contributed by atoms with Crippen molar-refractivity contribution in [3.8, 4) is 11.5 Å². The molecule has 9 nitrogen and oxygen atoms in total. The molecule has 2 amide bonds. The number of nitrogens with one attached hydrogen (secondary N) is 1. The second-order valence-corrected chi connectivity index (χ2v) is 9.21. The first-order valence-corrected chi connectivity index (χ1v) is 12.3. The summed E-state index contributed by atoms with van der Waals surface area (Å²) >= 11 is 1.29. The fraction of sp³-hybridized carbons (Fsp3) is 0.360. The monoisotopic (exact) mass is 495 g/mol. The molecular weight excluding hydrogens is 466 g/mol. The molecule has 2 aromatic carbocycles. The average molecular weight is 496 g/mol. The number of amides is 2. The minimum Gasteiger partial charge on any atom is -0.493 e. The van der Waals surface area contributed by atoms with Crippen LogP contribution in [0.15, 0.2) is 42.5 Å². The number of hydrogen-bond donors (Lipinski definition) is 1. The zero-order valence-electron chi connectivity index (χ0n) is 20.1. The first-order valence-electron chi connectivity index (χ1n) is 11.5. The third-order valence-corrected chi connectivity index (χ3v) is 6.84. The van der Waals surface area contributed by atoms with E-state index in [0.717, 1.165) is 17.1 Å². The summed E-state index contributed by atoms with van der Waals surface area (Å²) in [5, 5.41) is 12.2. The molecule has 1 aromatic heterocycles. The lowest BCUT2D eigenvalue weighted by molar-refractivity contribution is 0.0627. The minimum absolute atomic E-state index is 0.0348. The highest BCUT2D eigenvalue weighted by Crippen LogP contribution is 2.28. The van der Waals surface area contributed by atoms with Crippen molar-refractivity contribution in [3.63, 3.8) is 0 Å². The van der Waals surface area contributed by atoms with Gasteiger partial charge in [0.1, 0.15) is 5.01 Å². The van der Waals surface area contributed by atoms with E-state index in [1.54, 1.807) is 32.4 Å². The number of nitrogens with zero attached hydrogens (tertiary/aromatic N) is 4. The van der Waals surface area contributed by atoms with Crippen molar-refractivity contribution in [3.05, 3.63) is 63.6 Å². The van der Waals surface area contributed by atoms with Gasteiger partial charge in [0.25, 0.3) is 11.8 Å². The lowest BCUT2D eigenvalue weighted by atomic mass is 10.1. The first kappa shape index (κ1) is 24.6. The molecule has 184 valence electrons. The lowest BCUT2D eigenvalue weighted by Gasteiger charge is -2.34. The first-order chi connectivity index (χ1) is 17.0. The van der Waals surface area contributed by atoms with Crippen molar-refractivity contribution < 1.29 is 19.1 Å². The lowest BCUT2D eigenvalue weighted by Crippen LogP contribution is -2.48. The van der Waals surface area contributed by atoms with Gasteiger partial charge in [0.2, 0.25) is 5.01 Å². The number of methoxy groups -OCH3 is 2. The molecule has 3 aromatic rings. The fourth-order valence-corrected chi connectivity index (χ4v) is 4.65. The smallest absolute Gasteiger partial charge is 0.286 e. The topological polar surface area (TPSA) is 96.9 Å². The highest BCUT2D eigenvalue weighted by atomic mass is 32.1. The second kappa shape index (κ2) is 11.3. The van der Waals surface area contributed by atoms with Gasteiger partial charge < -0.3 is 19.7 Å². The van der Waals surface area contributed by atoms with Crippen molar-refractivity contribution in [2.24, 2.45) is 0 Å². The summed E-state index contributed by atoms with van der Waals surface area (Å²) in [4.78, 5) is 29.5. The molecule has 0 radical (unpaired) electrons. The fourth-order valence-electron chi connectivity index (χ4n) is 3.87. The van der Waals surface area contributed by atoms with Crippen molar-refractivity contribution in [1.82, 2.24) is 20.0 Å². The summed E-state index contributed by atoms with van der Waals surface area (Å²) < 4.78 is 10.6. The van der Waals surface area contributed by atoms with E-state index in [-0.39, 0.29) is 11.8 Å². The van der Waals surface area contributed by atoms with Gasteiger partial charge in [-0.15, -0.1) is 10.2 Å². The van der Waals surface area contributed by atoms with E-state index in [9.17, 15) is 9.59 Å². The molecule has 0 unspecified atom stereocenters. The van der Waals surface area contributed by atoms with Gasteiger partial charge in [-0.05, 0) is 42.3 Å². The summed E-state index contributed by atoms with van der Waals surface area (Å²) in [6.07, 6.45) is 0.951. The van der Waals surface area contributed by atoms with Crippen molar-refractivity contribution >= 4 is 28.8 Å². The van der Waals surface area contributed by atoms with Gasteiger partial charge >= 0.3 is 0 Å². The molecule has 1 N–H and O–H groups in total. The summed E-state index contributed by atoms with van der Waals surface area (Å²) in [6.45, 7) is 5.31. The summed E-state index contributed by atoms with van der Waals surface area (Å²) in [5.74, 6) is 0.829. The SMILES string of the molecule is CCc1ccc(NC(=O)c2nnc(CN3CCN(C(=O)c4ccc(OC)c(OC)c4)CC3)s2)cc1. The molecule has 0 bridgehead atoms. The van der Waals surface area contributed by atoms with E-state index in [2.05, 4.69) is 27.3 Å². The Morgan fingerprint density at radius 3 is 2.34 bits per heavy atom. The number of hydrogen-bond acceptors (Lipinski definition) is 8. The van der Waals surface area contributed by atoms with Crippen LogP contribution in [-0.4, -0.2) is 72.2 Å². The van der Waals surface area contributed by atoms with Gasteiger partial charge in [0.05, 0.1) is 20.8 Å². The van der Waals surface area contributed by atoms with E-state index in [0.29, 0.717) is 54.8 Å². The van der Waals surface area contributed by atoms with E-state index >= 15 is 0 Å². The van der Waals surface area contributed by atoms with Crippen LogP contribution in [0, 0.1) is 0 Å². The van der Waals surface area contributed by atoms with Crippen LogP contribution in [0.25, 0.3) is 0 Å². The van der Waals surface area contributed by atoms with E-state index in [4.69, 9.17) is 9.47 Å². The van der Waals surface area contributed by atoms with Crippen LogP contribution < -0.4 is 14.8 Å². The molecule has 1 aliphatic heterocycles. The Morgan fingerprint density at radius 2 is 1.69 bits per heavy atom. The van der Waals surface area contributed by atoms with Crippen molar-refractivity contribution in [1.29, 1.82) is 0 Å². The van der Waals surface area contributed by atoms with Gasteiger partial charge in [-0.1, -0.05) is 30.4 Å². The predicted molar refractivity (Wildman–Crippen MR) is 134 cm³/mol. The quantitative estimate of drug-likeness (QED) is 0.512. The third-order valence-electron chi connectivity index (χ3n) is 5.93. The molecule has 0 aliphatic carbocycles. The Kier molecular flexibility index (Phi) is 7.94. The van der Waals surface area contributed by atoms with Gasteiger partial charge in [-0.2, -0.15) is 0 Å². The van der Waals surface area contributed by atoms with Crippen LogP contribution in [0.2, 0.25) is 0 Å². The van der Waals surface area contributed by atoms with Crippen LogP contribution in [0.3, 0.4) is 0 Å². The zero-order valence-corrected chi connectivity index (χ0v) is 20.9. The highest BCUT2D eigenvalue weighted by molar-refractivity contribution is 7.13. The minimum atomic E-state index is -0.261. The maximum atomic E-state index is 12.9. The molecular formula is C25H29N5O4S. The Morgan fingerprint density at radius 1 is 0.971 bits per heavy atom. The van der Waals surface area contributed by atoms with Crippen LogP contribution in [0.1, 0.15) is 37.7 Å². The number of ether oxygens (including phenoxy) is 2. The standard InChI is InChI=1S/C25H29N5O4S/c1-4-17-5-8-19(9-6-17)26-23(31)24-28-27-22(35-24)16-29-11-13-30(14-12-29)25(32)18-7-10-20(33-2)21(15-18)34-3/h5-10,15H,4,11-14,16H2,1-3H3,(H,26,31). The van der Waals surface area contributed by atoms with Crippen LogP contribution in [-0.2, 0) is 13.0 Å². The largest absolute Gasteiger partial charge is 0.493 e. The number of carbonyl (C=O) groups excluding carboxylic acids is 2. The molecule has 4 rings (SSSR count). The van der Waals surface area contributed by atoms with Gasteiger partial charge in [-0.25, -0.2) is 0 Å². The Bertz CT molecular complexity index is 1170. The Labute approximate surface area is 208 Å². The number of rotatable bonds is 8. The number of piperazine rings is 1. The van der Waals surface area contributed by atoms with Crippen LogP contribution in [0.5, 0.6) is 11.5 Å². The molecule has 35 heavy (non-hydrogen) atoms. The van der Waals surface area contributed by atoms with E-state index in [1.165, 1.54) is 16.9 Å². The van der Waals surface area contributed by atoms with Crippen molar-refractivity contribution in [2.75, 3.05) is 45.7 Å². The summed E-state index contributed by atoms with van der Waals surface area (Å²) in [5.41, 5.74) is 2.52. The van der Waals surface area contributed by atoms with Gasteiger partial charge in [-0.3, -0.25) is 14.5 Å². The molecule has 0 spiro atoms. The molecule has 0 atom stereocenters. The van der Waals surface area contributed by atoms with Gasteiger partial charge in [0.15, 0.2) is 11.5 Å². The number of anilines is 1. The Balaban J connectivity index is 1.29. The van der Waals surface area contributed by atoms with Crippen LogP contribution >= 0.6 is 11.3 Å². The molecule has 0 saturated carbocycles. The molecule has 1 saturated heterocycles. The van der Waals surface area contributed by atoms with E-state index < -0.39 is 0 Å². The predicted octanol–water partition coefficient (Wildman–Crippen LogP) is 3.33. The second-order valence-electron chi connectivity index (χ2n) is 8.14. The highest BCUT2D eigenvalue weighted by Gasteiger charge is 2.24. The number of aromatic nitrogens is 2. The van der Waals surface area contributed by atoms with Crippen molar-refractivity contribution in [2.45, 2.75) is 19.9 Å². The third kappa shape index (κ3) is 5.95.